The topological polar surface area (TPSA) is 112 Å². The Morgan fingerprint density at radius 2 is 2.00 bits per heavy atom. The number of β-amino-alcohol motifs (C(OH)–C–C–N with tert-alkyl or cyclic N) is 2. The Labute approximate surface area is 114 Å². The zero-order valence-corrected chi connectivity index (χ0v) is 11.1. The fourth-order valence-corrected chi connectivity index (χ4v) is 2.96. The molecule has 19 heavy (non-hydrogen) atoms. The molecular formula is C11H16N4O3S. The lowest BCUT2D eigenvalue weighted by Gasteiger charge is -2.13. The average molecular weight is 284 g/mol. The summed E-state index contributed by atoms with van der Waals surface area (Å²) >= 11 is 1.22. The van der Waals surface area contributed by atoms with Crippen LogP contribution in [-0.4, -0.2) is 57.3 Å². The highest BCUT2D eigenvalue weighted by atomic mass is 32.1. The summed E-state index contributed by atoms with van der Waals surface area (Å²) in [5.41, 5.74) is 5.76. The minimum atomic E-state index is -0.887. The molecule has 3 rings (SSSR count). The SMILES string of the molecule is Nc1nc(NC2CC2)sc1C(=O)N1CC(O)C(O)C1. The van der Waals surface area contributed by atoms with E-state index in [1.165, 1.54) is 16.2 Å². The summed E-state index contributed by atoms with van der Waals surface area (Å²) in [4.78, 5) is 18.1. The molecule has 0 spiro atoms. The molecule has 1 saturated heterocycles. The van der Waals surface area contributed by atoms with Crippen molar-refractivity contribution in [2.24, 2.45) is 0 Å². The second-order valence-corrected chi connectivity index (χ2v) is 6.00. The normalized spacial score (nSPS) is 26.7. The number of hydrogen-bond donors (Lipinski definition) is 4. The lowest BCUT2D eigenvalue weighted by Crippen LogP contribution is -2.29. The maximum absolute atomic E-state index is 12.2. The van der Waals surface area contributed by atoms with Crippen molar-refractivity contribution in [3.8, 4) is 0 Å². The Bertz CT molecular complexity index is 492. The molecule has 2 atom stereocenters. The van der Waals surface area contributed by atoms with E-state index in [-0.39, 0.29) is 24.8 Å². The van der Waals surface area contributed by atoms with Crippen LogP contribution in [0, 0.1) is 0 Å². The summed E-state index contributed by atoms with van der Waals surface area (Å²) in [5, 5.41) is 22.8. The minimum Gasteiger partial charge on any atom is -0.388 e. The van der Waals surface area contributed by atoms with E-state index in [2.05, 4.69) is 10.3 Å². The Morgan fingerprint density at radius 1 is 1.37 bits per heavy atom. The van der Waals surface area contributed by atoms with Gasteiger partial charge in [0.25, 0.3) is 5.91 Å². The van der Waals surface area contributed by atoms with E-state index >= 15 is 0 Å². The first-order valence-corrected chi connectivity index (χ1v) is 7.04. The molecule has 5 N–H and O–H groups in total. The number of carbonyl (C=O) groups excluding carboxylic acids is 1. The number of thiazole rings is 1. The summed E-state index contributed by atoms with van der Waals surface area (Å²) in [6, 6.07) is 0.448. The molecule has 1 aromatic heterocycles. The Morgan fingerprint density at radius 3 is 2.58 bits per heavy atom. The molecule has 1 aromatic rings. The van der Waals surface area contributed by atoms with Crippen molar-refractivity contribution in [1.82, 2.24) is 9.88 Å². The van der Waals surface area contributed by atoms with Gasteiger partial charge in [0, 0.05) is 19.1 Å². The number of likely N-dealkylation sites (tertiary alicyclic amines) is 1. The van der Waals surface area contributed by atoms with Gasteiger partial charge in [-0.25, -0.2) is 4.98 Å². The van der Waals surface area contributed by atoms with E-state index < -0.39 is 12.2 Å². The number of amides is 1. The van der Waals surface area contributed by atoms with Crippen LogP contribution in [0.2, 0.25) is 0 Å². The highest BCUT2D eigenvalue weighted by Gasteiger charge is 2.35. The highest BCUT2D eigenvalue weighted by Crippen LogP contribution is 2.31. The lowest BCUT2D eigenvalue weighted by molar-refractivity contribution is 0.0572. The average Bonchev–Trinajstić information content (AvgIpc) is 3.00. The monoisotopic (exact) mass is 284 g/mol. The van der Waals surface area contributed by atoms with E-state index in [0.29, 0.717) is 16.1 Å². The van der Waals surface area contributed by atoms with Gasteiger partial charge in [0.2, 0.25) is 0 Å². The first-order chi connectivity index (χ1) is 9.04. The van der Waals surface area contributed by atoms with Gasteiger partial charge < -0.3 is 26.2 Å². The number of aromatic nitrogens is 1. The van der Waals surface area contributed by atoms with E-state index in [0.717, 1.165) is 12.8 Å². The fraction of sp³-hybridized carbons (Fsp3) is 0.636. The number of carbonyl (C=O) groups is 1. The summed E-state index contributed by atoms with van der Waals surface area (Å²) in [7, 11) is 0. The maximum atomic E-state index is 12.2. The summed E-state index contributed by atoms with van der Waals surface area (Å²) < 4.78 is 0. The van der Waals surface area contributed by atoms with Crippen LogP contribution in [0.15, 0.2) is 0 Å². The van der Waals surface area contributed by atoms with Crippen LogP contribution in [0.3, 0.4) is 0 Å². The molecule has 1 saturated carbocycles. The molecule has 7 nitrogen and oxygen atoms in total. The second kappa shape index (κ2) is 4.62. The van der Waals surface area contributed by atoms with Crippen LogP contribution in [0.5, 0.6) is 0 Å². The number of hydrogen-bond acceptors (Lipinski definition) is 7. The molecule has 2 fully saturated rings. The number of anilines is 2. The van der Waals surface area contributed by atoms with Crippen LogP contribution in [0.4, 0.5) is 10.9 Å². The fourth-order valence-electron chi connectivity index (χ4n) is 2.03. The summed E-state index contributed by atoms with van der Waals surface area (Å²) in [6.45, 7) is 0.255. The molecule has 0 bridgehead atoms. The number of nitrogens with two attached hydrogens (primary N) is 1. The molecule has 0 aromatic carbocycles. The molecule has 2 aliphatic rings. The number of nitrogen functional groups attached to an aromatic ring is 1. The van der Waals surface area contributed by atoms with Gasteiger partial charge in [-0.3, -0.25) is 4.79 Å². The van der Waals surface area contributed by atoms with Crippen LogP contribution < -0.4 is 11.1 Å². The Kier molecular flexibility index (Phi) is 3.08. The lowest BCUT2D eigenvalue weighted by atomic mass is 10.3. The van der Waals surface area contributed by atoms with Gasteiger partial charge in [-0.1, -0.05) is 11.3 Å². The predicted octanol–water partition coefficient (Wildman–Crippen LogP) is -0.523. The van der Waals surface area contributed by atoms with Crippen LogP contribution in [0.1, 0.15) is 22.5 Å². The molecule has 1 amide bonds. The summed E-state index contributed by atoms with van der Waals surface area (Å²) in [5.74, 6) is -0.0801. The third-order valence-electron chi connectivity index (χ3n) is 3.30. The van der Waals surface area contributed by atoms with E-state index in [9.17, 15) is 15.0 Å². The third kappa shape index (κ3) is 2.51. The molecule has 1 aliphatic heterocycles. The van der Waals surface area contributed by atoms with Gasteiger partial charge >= 0.3 is 0 Å². The molecule has 0 radical (unpaired) electrons. The number of nitrogens with one attached hydrogen (secondary N) is 1. The smallest absolute Gasteiger partial charge is 0.268 e. The van der Waals surface area contributed by atoms with Crippen molar-refractivity contribution in [3.63, 3.8) is 0 Å². The van der Waals surface area contributed by atoms with Gasteiger partial charge in [0.05, 0.1) is 12.2 Å². The van der Waals surface area contributed by atoms with Crippen molar-refractivity contribution in [1.29, 1.82) is 0 Å². The first-order valence-electron chi connectivity index (χ1n) is 6.23. The molecule has 8 heteroatoms. The van der Waals surface area contributed by atoms with Crippen molar-refractivity contribution in [3.05, 3.63) is 4.88 Å². The summed E-state index contributed by atoms with van der Waals surface area (Å²) in [6.07, 6.45) is 0.463. The molecule has 2 heterocycles. The molecule has 2 unspecified atom stereocenters. The zero-order chi connectivity index (χ0) is 13.6. The van der Waals surface area contributed by atoms with Crippen LogP contribution >= 0.6 is 11.3 Å². The van der Waals surface area contributed by atoms with Crippen LogP contribution in [-0.2, 0) is 0 Å². The van der Waals surface area contributed by atoms with Crippen LogP contribution in [0.25, 0.3) is 0 Å². The van der Waals surface area contributed by atoms with Crippen molar-refractivity contribution in [2.75, 3.05) is 24.1 Å². The van der Waals surface area contributed by atoms with Crippen molar-refractivity contribution < 1.29 is 15.0 Å². The van der Waals surface area contributed by atoms with Gasteiger partial charge in [0.15, 0.2) is 5.13 Å². The highest BCUT2D eigenvalue weighted by molar-refractivity contribution is 7.18. The third-order valence-corrected chi connectivity index (χ3v) is 4.29. The number of aliphatic hydroxyl groups excluding tert-OH is 2. The van der Waals surface area contributed by atoms with Gasteiger partial charge in [-0.15, -0.1) is 0 Å². The quantitative estimate of drug-likeness (QED) is 0.594. The Balaban J connectivity index is 1.73. The standard InChI is InChI=1S/C11H16N4O3S/c12-9-8(19-11(14-9)13-5-1-2-5)10(18)15-3-6(16)7(17)4-15/h5-7,16-17H,1-4,12H2,(H,13,14). The minimum absolute atomic E-state index is 0.128. The molecule has 1 aliphatic carbocycles. The van der Waals surface area contributed by atoms with Gasteiger partial charge in [-0.05, 0) is 12.8 Å². The number of aliphatic hydroxyl groups is 2. The number of rotatable bonds is 3. The van der Waals surface area contributed by atoms with E-state index in [1.54, 1.807) is 0 Å². The predicted molar refractivity (Wildman–Crippen MR) is 71.1 cm³/mol. The number of nitrogens with zero attached hydrogens (tertiary/aromatic N) is 2. The molecule has 104 valence electrons. The second-order valence-electron chi connectivity index (χ2n) is 5.00. The largest absolute Gasteiger partial charge is 0.388 e. The van der Waals surface area contributed by atoms with Gasteiger partial charge in [-0.2, -0.15) is 0 Å². The van der Waals surface area contributed by atoms with E-state index in [4.69, 9.17) is 5.73 Å². The zero-order valence-electron chi connectivity index (χ0n) is 10.2. The first kappa shape index (κ1) is 12.6. The van der Waals surface area contributed by atoms with Crippen molar-refractivity contribution >= 4 is 28.2 Å². The molecular weight excluding hydrogens is 268 g/mol. The van der Waals surface area contributed by atoms with Crippen molar-refractivity contribution in [2.45, 2.75) is 31.1 Å². The maximum Gasteiger partial charge on any atom is 0.268 e. The van der Waals surface area contributed by atoms with Gasteiger partial charge in [0.1, 0.15) is 10.7 Å². The van der Waals surface area contributed by atoms with E-state index in [1.807, 2.05) is 0 Å². The Hall–Kier alpha value is -1.38.